The number of hydrogen-bond donors (Lipinski definition) is 2. The average Bonchev–Trinajstić information content (AvgIpc) is 3.25. The van der Waals surface area contributed by atoms with Crippen LogP contribution in [0.25, 0.3) is 10.9 Å². The highest BCUT2D eigenvalue weighted by Crippen LogP contribution is 2.51. The minimum absolute atomic E-state index is 0.101. The van der Waals surface area contributed by atoms with E-state index in [1.165, 1.54) is 12.1 Å². The number of aromatic nitrogens is 1. The van der Waals surface area contributed by atoms with E-state index in [1.807, 2.05) is 11.8 Å². The summed E-state index contributed by atoms with van der Waals surface area (Å²) in [7, 11) is 0. The zero-order chi connectivity index (χ0) is 17.8. The first kappa shape index (κ1) is 16.6. The summed E-state index contributed by atoms with van der Waals surface area (Å²) in [6.45, 7) is 4.18. The average molecular weight is 344 g/mol. The Bertz CT molecular complexity index is 824. The first-order valence-corrected chi connectivity index (χ1v) is 9.18. The molecule has 1 amide bonds. The van der Waals surface area contributed by atoms with Gasteiger partial charge in [0.2, 0.25) is 5.91 Å². The number of hydrogen-bond acceptors (Lipinski definition) is 2. The quantitative estimate of drug-likeness (QED) is 0.894. The van der Waals surface area contributed by atoms with Crippen molar-refractivity contribution < 1.29 is 14.3 Å². The third kappa shape index (κ3) is 2.40. The normalized spacial score (nSPS) is 28.2. The summed E-state index contributed by atoms with van der Waals surface area (Å²) in [5.41, 5.74) is 2.53. The van der Waals surface area contributed by atoms with Crippen LogP contribution in [0, 0.1) is 18.2 Å². The van der Waals surface area contributed by atoms with Crippen molar-refractivity contribution in [2.75, 3.05) is 6.61 Å². The van der Waals surface area contributed by atoms with Crippen molar-refractivity contribution in [2.45, 2.75) is 58.0 Å². The third-order valence-corrected chi connectivity index (χ3v) is 6.57. The van der Waals surface area contributed by atoms with Gasteiger partial charge in [-0.25, -0.2) is 4.39 Å². The summed E-state index contributed by atoms with van der Waals surface area (Å²) in [6.07, 6.45) is 4.09. The zero-order valence-electron chi connectivity index (χ0n) is 14.8. The lowest BCUT2D eigenvalue weighted by Crippen LogP contribution is -2.42. The molecule has 0 unspecified atom stereocenters. The molecule has 4 rings (SSSR count). The van der Waals surface area contributed by atoms with Crippen LogP contribution in [0.3, 0.4) is 0 Å². The van der Waals surface area contributed by atoms with Gasteiger partial charge in [0.05, 0.1) is 13.0 Å². The molecule has 0 saturated carbocycles. The van der Waals surface area contributed by atoms with Crippen LogP contribution >= 0.6 is 0 Å². The minimum atomic E-state index is -0.285. The Balaban J connectivity index is 1.63. The van der Waals surface area contributed by atoms with Gasteiger partial charge >= 0.3 is 0 Å². The lowest BCUT2D eigenvalue weighted by molar-refractivity contribution is -0.132. The Hall–Kier alpha value is -1.88. The summed E-state index contributed by atoms with van der Waals surface area (Å²) in [5.74, 6) is -0.184. The van der Waals surface area contributed by atoms with Crippen molar-refractivity contribution in [2.24, 2.45) is 5.41 Å². The fraction of sp³-hybridized carbons (Fsp3) is 0.550. The summed E-state index contributed by atoms with van der Waals surface area (Å²) in [4.78, 5) is 18.4. The Morgan fingerprint density at radius 1 is 1.44 bits per heavy atom. The highest BCUT2D eigenvalue weighted by Gasteiger charge is 2.56. The Labute approximate surface area is 147 Å². The van der Waals surface area contributed by atoms with Crippen molar-refractivity contribution in [3.8, 4) is 0 Å². The van der Waals surface area contributed by atoms with E-state index in [0.29, 0.717) is 0 Å². The Kier molecular flexibility index (Phi) is 3.87. The van der Waals surface area contributed by atoms with Crippen LogP contribution in [-0.4, -0.2) is 39.6 Å². The van der Waals surface area contributed by atoms with Crippen molar-refractivity contribution in [1.29, 1.82) is 0 Å². The standard InChI is InChI=1S/C20H25FN2O2/c1-3-20(11-24)10-14-5-7-18(20)23(14)19(25)9-15-12(2)22-17-6-4-13(21)8-16(15)17/h4,6,8,14,18,22,24H,3,5,7,9-11H2,1-2H3/t14-,18+,20-/m0/s1. The molecule has 3 atom stereocenters. The second-order valence-corrected chi connectivity index (χ2v) is 7.72. The summed E-state index contributed by atoms with van der Waals surface area (Å²) in [5, 5.41) is 10.7. The molecular weight excluding hydrogens is 319 g/mol. The fourth-order valence-corrected chi connectivity index (χ4v) is 5.15. The molecule has 5 heteroatoms. The summed E-state index contributed by atoms with van der Waals surface area (Å²) < 4.78 is 13.7. The molecule has 4 nitrogen and oxygen atoms in total. The van der Waals surface area contributed by atoms with Crippen molar-refractivity contribution >= 4 is 16.8 Å². The first-order valence-electron chi connectivity index (χ1n) is 9.18. The second kappa shape index (κ2) is 5.84. The number of H-pyrrole nitrogens is 1. The van der Waals surface area contributed by atoms with E-state index in [4.69, 9.17) is 0 Å². The van der Waals surface area contributed by atoms with E-state index in [2.05, 4.69) is 11.9 Å². The molecule has 2 bridgehead atoms. The number of carbonyl (C=O) groups is 1. The van der Waals surface area contributed by atoms with Gasteiger partial charge in [-0.1, -0.05) is 6.92 Å². The number of aromatic amines is 1. The molecule has 2 aliphatic heterocycles. The van der Waals surface area contributed by atoms with Crippen LogP contribution < -0.4 is 0 Å². The molecule has 1 aromatic carbocycles. The summed E-state index contributed by atoms with van der Waals surface area (Å²) >= 11 is 0. The van der Waals surface area contributed by atoms with E-state index < -0.39 is 0 Å². The molecular formula is C20H25FN2O2. The van der Waals surface area contributed by atoms with Gasteiger partial charge in [-0.2, -0.15) is 0 Å². The molecule has 0 radical (unpaired) electrons. The van der Waals surface area contributed by atoms with Crippen molar-refractivity contribution in [3.05, 3.63) is 35.3 Å². The smallest absolute Gasteiger partial charge is 0.227 e. The predicted molar refractivity (Wildman–Crippen MR) is 94.8 cm³/mol. The number of rotatable bonds is 4. The van der Waals surface area contributed by atoms with Crippen LogP contribution in [0.4, 0.5) is 4.39 Å². The number of halogens is 1. The van der Waals surface area contributed by atoms with Crippen molar-refractivity contribution in [3.63, 3.8) is 0 Å². The number of nitrogens with zero attached hydrogens (tertiary/aromatic N) is 1. The SMILES string of the molecule is CC[C@@]1(CO)C[C@@H]2CC[C@H]1N2C(=O)Cc1c(C)[nH]c2ccc(F)cc12. The van der Waals surface area contributed by atoms with Gasteiger partial charge < -0.3 is 15.0 Å². The summed E-state index contributed by atoms with van der Waals surface area (Å²) in [6, 6.07) is 5.04. The van der Waals surface area contributed by atoms with Crippen LogP contribution in [0.2, 0.25) is 0 Å². The van der Waals surface area contributed by atoms with Crippen LogP contribution in [0.5, 0.6) is 0 Å². The Morgan fingerprint density at radius 2 is 2.24 bits per heavy atom. The van der Waals surface area contributed by atoms with Gasteiger partial charge in [-0.3, -0.25) is 4.79 Å². The number of nitrogens with one attached hydrogen (secondary N) is 1. The van der Waals surface area contributed by atoms with Gasteiger partial charge in [-0.05, 0) is 56.4 Å². The predicted octanol–water partition coefficient (Wildman–Crippen LogP) is 3.31. The van der Waals surface area contributed by atoms with Crippen LogP contribution in [-0.2, 0) is 11.2 Å². The first-order chi connectivity index (χ1) is 12.0. The molecule has 0 aliphatic carbocycles. The number of benzene rings is 1. The van der Waals surface area contributed by atoms with Crippen LogP contribution in [0.15, 0.2) is 18.2 Å². The number of aryl methyl sites for hydroxylation is 1. The number of aliphatic hydroxyl groups excluding tert-OH is 1. The van der Waals surface area contributed by atoms with Gasteiger partial charge in [-0.15, -0.1) is 0 Å². The van der Waals surface area contributed by atoms with Crippen molar-refractivity contribution in [1.82, 2.24) is 9.88 Å². The molecule has 3 heterocycles. The maximum absolute atomic E-state index is 13.7. The van der Waals surface area contributed by atoms with E-state index in [-0.39, 0.29) is 42.3 Å². The maximum atomic E-state index is 13.7. The van der Waals surface area contributed by atoms with Gasteiger partial charge in [0.15, 0.2) is 0 Å². The number of fused-ring (bicyclic) bond motifs is 3. The van der Waals surface area contributed by atoms with Gasteiger partial charge in [0.1, 0.15) is 5.82 Å². The maximum Gasteiger partial charge on any atom is 0.227 e. The molecule has 25 heavy (non-hydrogen) atoms. The van der Waals surface area contributed by atoms with E-state index in [0.717, 1.165) is 47.8 Å². The van der Waals surface area contributed by atoms with Gasteiger partial charge in [0.25, 0.3) is 0 Å². The second-order valence-electron chi connectivity index (χ2n) is 7.72. The minimum Gasteiger partial charge on any atom is -0.396 e. The van der Waals surface area contributed by atoms with E-state index in [1.54, 1.807) is 6.07 Å². The fourth-order valence-electron chi connectivity index (χ4n) is 5.15. The molecule has 134 valence electrons. The Morgan fingerprint density at radius 3 is 2.92 bits per heavy atom. The number of aliphatic hydroxyl groups is 1. The molecule has 2 N–H and O–H groups in total. The topological polar surface area (TPSA) is 56.3 Å². The molecule has 2 fully saturated rings. The molecule has 2 saturated heterocycles. The number of carbonyl (C=O) groups excluding carboxylic acids is 1. The molecule has 1 aromatic heterocycles. The highest BCUT2D eigenvalue weighted by atomic mass is 19.1. The monoisotopic (exact) mass is 344 g/mol. The molecule has 0 spiro atoms. The van der Waals surface area contributed by atoms with Gasteiger partial charge in [0, 0.05) is 34.1 Å². The largest absolute Gasteiger partial charge is 0.396 e. The number of amides is 1. The lowest BCUT2D eigenvalue weighted by atomic mass is 9.72. The highest BCUT2D eigenvalue weighted by molar-refractivity contribution is 5.90. The zero-order valence-corrected chi connectivity index (χ0v) is 14.8. The molecule has 2 aromatic rings. The van der Waals surface area contributed by atoms with E-state index in [9.17, 15) is 14.3 Å². The lowest BCUT2D eigenvalue weighted by Gasteiger charge is -2.34. The van der Waals surface area contributed by atoms with E-state index >= 15 is 0 Å². The van der Waals surface area contributed by atoms with Crippen LogP contribution in [0.1, 0.15) is 43.9 Å². The third-order valence-electron chi connectivity index (χ3n) is 6.57. The molecule has 2 aliphatic rings.